The molecule has 2 nitrogen and oxygen atoms in total. The molecule has 1 heterocycles. The molecule has 52 valence electrons. The van der Waals surface area contributed by atoms with Gasteiger partial charge in [0.15, 0.2) is 0 Å². The van der Waals surface area contributed by atoms with E-state index in [1.807, 2.05) is 6.92 Å². The van der Waals surface area contributed by atoms with Crippen molar-refractivity contribution in [2.75, 3.05) is 6.54 Å². The molecular weight excluding hydrogens is 114 g/mol. The van der Waals surface area contributed by atoms with E-state index in [0.29, 0.717) is 6.54 Å². The molecule has 0 bridgehead atoms. The highest BCUT2D eigenvalue weighted by atomic mass is 16.5. The summed E-state index contributed by atoms with van der Waals surface area (Å²) in [4.78, 5) is 0. The van der Waals surface area contributed by atoms with Gasteiger partial charge in [-0.05, 0) is 19.4 Å². The fourth-order valence-electron chi connectivity index (χ4n) is 1.01. The van der Waals surface area contributed by atoms with Gasteiger partial charge in [0.1, 0.15) is 6.10 Å². The number of rotatable bonds is 1. The Morgan fingerprint density at radius 2 is 2.33 bits per heavy atom. The number of hydrogen-bond acceptors (Lipinski definition) is 2. The van der Waals surface area contributed by atoms with Crippen LogP contribution in [0, 0.1) is 0 Å². The lowest BCUT2D eigenvalue weighted by Crippen LogP contribution is -2.18. The molecule has 0 fully saturated rings. The Kier molecular flexibility index (Phi) is 1.76. The van der Waals surface area contributed by atoms with E-state index < -0.39 is 0 Å². The van der Waals surface area contributed by atoms with Crippen LogP contribution < -0.4 is 5.73 Å². The van der Waals surface area contributed by atoms with Crippen molar-refractivity contribution in [2.24, 2.45) is 5.73 Å². The first-order valence-electron chi connectivity index (χ1n) is 3.27. The maximum atomic E-state index is 5.41. The molecule has 0 amide bonds. The highest BCUT2D eigenvalue weighted by molar-refractivity contribution is 5.10. The van der Waals surface area contributed by atoms with Crippen LogP contribution in [0.3, 0.4) is 0 Å². The first kappa shape index (κ1) is 6.62. The number of allylic oxidation sites excluding steroid dienone is 1. The fourth-order valence-corrected chi connectivity index (χ4v) is 1.01. The summed E-state index contributed by atoms with van der Waals surface area (Å²) in [5, 5.41) is 0. The molecule has 0 aromatic carbocycles. The van der Waals surface area contributed by atoms with E-state index in [2.05, 4.69) is 6.92 Å². The summed E-state index contributed by atoms with van der Waals surface area (Å²) >= 11 is 0. The van der Waals surface area contributed by atoms with E-state index >= 15 is 0 Å². The van der Waals surface area contributed by atoms with Crippen LogP contribution in [0.4, 0.5) is 0 Å². The van der Waals surface area contributed by atoms with Gasteiger partial charge in [-0.1, -0.05) is 0 Å². The summed E-state index contributed by atoms with van der Waals surface area (Å²) in [6, 6.07) is 0. The third-order valence-electron chi connectivity index (χ3n) is 1.74. The SMILES string of the molecule is CC1=C(C)OC(CN)C1. The van der Waals surface area contributed by atoms with Crippen molar-refractivity contribution >= 4 is 0 Å². The minimum Gasteiger partial charge on any atom is -0.493 e. The lowest BCUT2D eigenvalue weighted by molar-refractivity contribution is 0.152. The third kappa shape index (κ3) is 1.24. The van der Waals surface area contributed by atoms with Crippen molar-refractivity contribution < 1.29 is 4.74 Å². The third-order valence-corrected chi connectivity index (χ3v) is 1.74. The van der Waals surface area contributed by atoms with E-state index in [1.165, 1.54) is 5.57 Å². The van der Waals surface area contributed by atoms with Crippen molar-refractivity contribution in [3.8, 4) is 0 Å². The molecule has 9 heavy (non-hydrogen) atoms. The molecule has 0 saturated heterocycles. The molecule has 0 spiro atoms. The second kappa shape index (κ2) is 2.40. The monoisotopic (exact) mass is 127 g/mol. The van der Waals surface area contributed by atoms with Gasteiger partial charge in [-0.3, -0.25) is 0 Å². The summed E-state index contributed by atoms with van der Waals surface area (Å²) in [7, 11) is 0. The van der Waals surface area contributed by atoms with Gasteiger partial charge in [0.05, 0.1) is 5.76 Å². The normalized spacial score (nSPS) is 26.8. The molecule has 1 atom stereocenters. The molecule has 2 heteroatoms. The second-order valence-electron chi connectivity index (χ2n) is 2.52. The van der Waals surface area contributed by atoms with Crippen molar-refractivity contribution in [3.63, 3.8) is 0 Å². The average Bonchev–Trinajstić information content (AvgIpc) is 2.13. The van der Waals surface area contributed by atoms with Gasteiger partial charge in [-0.25, -0.2) is 0 Å². The Morgan fingerprint density at radius 1 is 1.67 bits per heavy atom. The number of ether oxygens (including phenoxy) is 1. The van der Waals surface area contributed by atoms with E-state index in [1.54, 1.807) is 0 Å². The van der Waals surface area contributed by atoms with Crippen LogP contribution in [0.15, 0.2) is 11.3 Å². The largest absolute Gasteiger partial charge is 0.493 e. The molecule has 0 aromatic rings. The molecule has 2 N–H and O–H groups in total. The molecule has 1 rings (SSSR count). The predicted molar refractivity (Wildman–Crippen MR) is 36.9 cm³/mol. The summed E-state index contributed by atoms with van der Waals surface area (Å²) in [5.74, 6) is 1.06. The maximum Gasteiger partial charge on any atom is 0.114 e. The fraction of sp³-hybridized carbons (Fsp3) is 0.714. The summed E-state index contributed by atoms with van der Waals surface area (Å²) in [6.07, 6.45) is 1.27. The molecule has 0 aliphatic carbocycles. The van der Waals surface area contributed by atoms with Crippen LogP contribution in [0.1, 0.15) is 20.3 Å². The summed E-state index contributed by atoms with van der Waals surface area (Å²) in [6.45, 7) is 4.71. The van der Waals surface area contributed by atoms with Crippen LogP contribution >= 0.6 is 0 Å². The second-order valence-corrected chi connectivity index (χ2v) is 2.52. The van der Waals surface area contributed by atoms with Crippen LogP contribution in [0.5, 0.6) is 0 Å². The van der Waals surface area contributed by atoms with Crippen molar-refractivity contribution in [1.29, 1.82) is 0 Å². The van der Waals surface area contributed by atoms with Crippen LogP contribution in [0.2, 0.25) is 0 Å². The predicted octanol–water partition coefficient (Wildman–Crippen LogP) is 1.03. The van der Waals surface area contributed by atoms with Gasteiger partial charge < -0.3 is 10.5 Å². The molecule has 0 radical (unpaired) electrons. The molecular formula is C7H13NO. The van der Waals surface area contributed by atoms with Gasteiger partial charge in [0.2, 0.25) is 0 Å². The first-order chi connectivity index (χ1) is 4.24. The molecule has 1 aliphatic heterocycles. The van der Waals surface area contributed by atoms with Gasteiger partial charge in [0, 0.05) is 13.0 Å². The molecule has 0 saturated carbocycles. The van der Waals surface area contributed by atoms with Crippen LogP contribution in [-0.4, -0.2) is 12.6 Å². The zero-order chi connectivity index (χ0) is 6.85. The van der Waals surface area contributed by atoms with Crippen LogP contribution in [-0.2, 0) is 4.74 Å². The first-order valence-corrected chi connectivity index (χ1v) is 3.27. The minimum absolute atomic E-state index is 0.255. The van der Waals surface area contributed by atoms with Gasteiger partial charge in [-0.15, -0.1) is 0 Å². The van der Waals surface area contributed by atoms with Gasteiger partial charge >= 0.3 is 0 Å². The van der Waals surface area contributed by atoms with Crippen LogP contribution in [0.25, 0.3) is 0 Å². The summed E-state index contributed by atoms with van der Waals surface area (Å²) in [5.41, 5.74) is 6.74. The van der Waals surface area contributed by atoms with Gasteiger partial charge in [0.25, 0.3) is 0 Å². The topological polar surface area (TPSA) is 35.2 Å². The van der Waals surface area contributed by atoms with Crippen molar-refractivity contribution in [2.45, 2.75) is 26.4 Å². The Hall–Kier alpha value is -0.500. The zero-order valence-electron chi connectivity index (χ0n) is 5.98. The highest BCUT2D eigenvalue weighted by Crippen LogP contribution is 2.22. The highest BCUT2D eigenvalue weighted by Gasteiger charge is 2.17. The quantitative estimate of drug-likeness (QED) is 0.571. The Balaban J connectivity index is 2.48. The van der Waals surface area contributed by atoms with E-state index in [0.717, 1.165) is 12.2 Å². The smallest absolute Gasteiger partial charge is 0.114 e. The molecule has 1 aliphatic rings. The summed E-state index contributed by atoms with van der Waals surface area (Å²) < 4.78 is 5.38. The number of nitrogens with two attached hydrogens (primary N) is 1. The van der Waals surface area contributed by atoms with E-state index in [9.17, 15) is 0 Å². The van der Waals surface area contributed by atoms with E-state index in [-0.39, 0.29) is 6.10 Å². The molecule has 1 unspecified atom stereocenters. The van der Waals surface area contributed by atoms with Crippen molar-refractivity contribution in [3.05, 3.63) is 11.3 Å². The lowest BCUT2D eigenvalue weighted by Gasteiger charge is -2.06. The van der Waals surface area contributed by atoms with E-state index in [4.69, 9.17) is 10.5 Å². The van der Waals surface area contributed by atoms with Gasteiger partial charge in [-0.2, -0.15) is 0 Å². The standard InChI is InChI=1S/C7H13NO/c1-5-3-7(4-8)9-6(5)2/h7H,3-4,8H2,1-2H3. The minimum atomic E-state index is 0.255. The number of hydrogen-bond donors (Lipinski definition) is 1. The van der Waals surface area contributed by atoms with Crippen molar-refractivity contribution in [1.82, 2.24) is 0 Å². The Labute approximate surface area is 55.7 Å². The molecule has 0 aromatic heterocycles. The Morgan fingerprint density at radius 3 is 2.56 bits per heavy atom. The zero-order valence-corrected chi connectivity index (χ0v) is 5.98. The average molecular weight is 127 g/mol. The lowest BCUT2D eigenvalue weighted by atomic mass is 10.1. The Bertz CT molecular complexity index is 126. The maximum absolute atomic E-state index is 5.41.